The van der Waals surface area contributed by atoms with Crippen LogP contribution >= 0.6 is 11.3 Å². The third kappa shape index (κ3) is 3.53. The highest BCUT2D eigenvalue weighted by molar-refractivity contribution is 7.10. The Kier molecular flexibility index (Phi) is 5.02. The molecule has 0 saturated carbocycles. The maximum Gasteiger partial charge on any atom is 0.228 e. The van der Waals surface area contributed by atoms with Crippen LogP contribution in [-0.4, -0.2) is 40.4 Å². The van der Waals surface area contributed by atoms with Crippen LogP contribution in [0.5, 0.6) is 0 Å². The minimum atomic E-state index is -0.0149. The van der Waals surface area contributed by atoms with E-state index in [2.05, 4.69) is 55.5 Å². The third-order valence-corrected chi connectivity index (χ3v) is 6.97. The van der Waals surface area contributed by atoms with Gasteiger partial charge in [0.2, 0.25) is 11.9 Å². The molecule has 0 radical (unpaired) electrons. The van der Waals surface area contributed by atoms with Crippen LogP contribution in [0.25, 0.3) is 0 Å². The number of hydrogen-bond acceptors (Lipinski definition) is 5. The molecule has 0 spiro atoms. The zero-order valence-corrected chi connectivity index (χ0v) is 17.1. The normalized spacial score (nSPS) is 21.7. The molecule has 1 fully saturated rings. The van der Waals surface area contributed by atoms with E-state index < -0.39 is 0 Å². The lowest BCUT2D eigenvalue weighted by Gasteiger charge is -2.40. The Hall–Kier alpha value is -2.73. The summed E-state index contributed by atoms with van der Waals surface area (Å²) in [5.74, 6) is 0.971. The molecule has 5 rings (SSSR count). The van der Waals surface area contributed by atoms with Crippen molar-refractivity contribution in [3.63, 3.8) is 0 Å². The Morgan fingerprint density at radius 3 is 2.69 bits per heavy atom. The number of rotatable bonds is 3. The number of hydrogen-bond donors (Lipinski definition) is 0. The van der Waals surface area contributed by atoms with Crippen LogP contribution in [0.3, 0.4) is 0 Å². The molecule has 0 bridgehead atoms. The molecule has 6 heteroatoms. The zero-order valence-electron chi connectivity index (χ0n) is 16.3. The summed E-state index contributed by atoms with van der Waals surface area (Å²) in [6.07, 6.45) is 6.39. The van der Waals surface area contributed by atoms with Crippen LogP contribution in [0.1, 0.15) is 34.9 Å². The predicted octanol–water partition coefficient (Wildman–Crippen LogP) is 3.93. The number of carbonyl (C=O) groups is 1. The number of fused-ring (bicyclic) bond motifs is 1. The number of carbonyl (C=O) groups excluding carboxylic acids is 1. The van der Waals surface area contributed by atoms with Gasteiger partial charge in [-0.3, -0.25) is 4.79 Å². The summed E-state index contributed by atoms with van der Waals surface area (Å²) in [6, 6.07) is 14.5. The summed E-state index contributed by atoms with van der Waals surface area (Å²) in [5, 5.41) is 2.16. The van der Waals surface area contributed by atoms with Crippen molar-refractivity contribution in [2.45, 2.75) is 25.3 Å². The molecular formula is C23H24N4OS. The highest BCUT2D eigenvalue weighted by Crippen LogP contribution is 2.39. The van der Waals surface area contributed by atoms with Crippen molar-refractivity contribution in [1.82, 2.24) is 14.9 Å². The molecule has 5 nitrogen and oxygen atoms in total. The van der Waals surface area contributed by atoms with E-state index in [0.29, 0.717) is 6.54 Å². The zero-order chi connectivity index (χ0) is 19.6. The number of aromatic nitrogens is 2. The van der Waals surface area contributed by atoms with E-state index >= 15 is 0 Å². The lowest BCUT2D eigenvalue weighted by molar-refractivity contribution is -0.138. The summed E-state index contributed by atoms with van der Waals surface area (Å²) < 4.78 is 0. The number of nitrogens with zero attached hydrogens (tertiary/aromatic N) is 4. The van der Waals surface area contributed by atoms with Crippen LogP contribution in [-0.2, 0) is 11.2 Å². The average Bonchev–Trinajstić information content (AvgIpc) is 3.28. The van der Waals surface area contributed by atoms with Gasteiger partial charge in [0, 0.05) is 36.9 Å². The fraction of sp³-hybridized carbons (Fsp3) is 0.348. The lowest BCUT2D eigenvalue weighted by Crippen LogP contribution is -2.48. The monoisotopic (exact) mass is 404 g/mol. The van der Waals surface area contributed by atoms with Gasteiger partial charge in [-0.2, -0.15) is 0 Å². The van der Waals surface area contributed by atoms with Crippen LogP contribution in [0.2, 0.25) is 0 Å². The lowest BCUT2D eigenvalue weighted by atomic mass is 9.90. The quantitative estimate of drug-likeness (QED) is 0.664. The van der Waals surface area contributed by atoms with Crippen molar-refractivity contribution in [3.05, 3.63) is 76.2 Å². The fourth-order valence-corrected chi connectivity index (χ4v) is 5.50. The second-order valence-corrected chi connectivity index (χ2v) is 8.73. The second-order valence-electron chi connectivity index (χ2n) is 7.73. The van der Waals surface area contributed by atoms with Crippen LogP contribution < -0.4 is 4.90 Å². The molecule has 0 aliphatic carbocycles. The predicted molar refractivity (Wildman–Crippen MR) is 115 cm³/mol. The van der Waals surface area contributed by atoms with Crippen molar-refractivity contribution >= 4 is 23.2 Å². The Morgan fingerprint density at radius 2 is 1.86 bits per heavy atom. The van der Waals surface area contributed by atoms with Gasteiger partial charge in [-0.05, 0) is 47.9 Å². The number of benzene rings is 1. The van der Waals surface area contributed by atoms with E-state index in [4.69, 9.17) is 0 Å². The van der Waals surface area contributed by atoms with Gasteiger partial charge in [-0.25, -0.2) is 9.97 Å². The molecular weight excluding hydrogens is 380 g/mol. The molecule has 1 amide bonds. The smallest absolute Gasteiger partial charge is 0.228 e. The summed E-state index contributed by atoms with van der Waals surface area (Å²) in [4.78, 5) is 28.2. The first-order chi connectivity index (χ1) is 14.3. The topological polar surface area (TPSA) is 49.3 Å². The van der Waals surface area contributed by atoms with Crippen molar-refractivity contribution in [3.8, 4) is 0 Å². The van der Waals surface area contributed by atoms with E-state index in [1.54, 1.807) is 12.4 Å². The van der Waals surface area contributed by atoms with Gasteiger partial charge < -0.3 is 9.80 Å². The Morgan fingerprint density at radius 1 is 1.03 bits per heavy atom. The standard InChI is InChI=1S/C23H24N4OS/c28-22(18-8-4-13-26(16-18)23-24-11-5-12-25-23)27-14-9-20-19(10-15-29-20)21(27)17-6-2-1-3-7-17/h1-3,5-7,10-12,15,18,21H,4,8-9,13-14,16H2. The Bertz CT molecular complexity index is 975. The molecule has 4 heterocycles. The fourth-order valence-electron chi connectivity index (χ4n) is 4.60. The Labute approximate surface area is 175 Å². The average molecular weight is 405 g/mol. The summed E-state index contributed by atoms with van der Waals surface area (Å²) in [5.41, 5.74) is 2.49. The van der Waals surface area contributed by atoms with Crippen LogP contribution in [0.15, 0.2) is 60.2 Å². The number of amides is 1. The van der Waals surface area contributed by atoms with E-state index in [1.165, 1.54) is 16.0 Å². The SMILES string of the molecule is O=C(C1CCCN(c2ncccn2)C1)N1CCc2sccc2C1c1ccccc1. The molecule has 2 aromatic heterocycles. The maximum absolute atomic E-state index is 13.7. The molecule has 1 saturated heterocycles. The summed E-state index contributed by atoms with van der Waals surface area (Å²) in [6.45, 7) is 2.38. The molecule has 1 aromatic carbocycles. The van der Waals surface area contributed by atoms with Crippen molar-refractivity contribution in [2.75, 3.05) is 24.5 Å². The van der Waals surface area contributed by atoms with Gasteiger partial charge in [-0.15, -0.1) is 11.3 Å². The van der Waals surface area contributed by atoms with Crippen LogP contribution in [0.4, 0.5) is 5.95 Å². The number of thiophene rings is 1. The van der Waals surface area contributed by atoms with E-state index in [-0.39, 0.29) is 17.9 Å². The van der Waals surface area contributed by atoms with E-state index in [9.17, 15) is 4.79 Å². The highest BCUT2D eigenvalue weighted by Gasteiger charge is 2.37. The van der Waals surface area contributed by atoms with Gasteiger partial charge in [0.15, 0.2) is 0 Å². The molecule has 2 atom stereocenters. The first-order valence-electron chi connectivity index (χ1n) is 10.2. The van der Waals surface area contributed by atoms with E-state index in [1.807, 2.05) is 23.5 Å². The largest absolute Gasteiger partial charge is 0.340 e. The summed E-state index contributed by atoms with van der Waals surface area (Å²) in [7, 11) is 0. The third-order valence-electron chi connectivity index (χ3n) is 5.97. The van der Waals surface area contributed by atoms with Gasteiger partial charge in [0.05, 0.1) is 12.0 Å². The maximum atomic E-state index is 13.7. The van der Waals surface area contributed by atoms with Gasteiger partial charge >= 0.3 is 0 Å². The number of piperidine rings is 1. The molecule has 2 unspecified atom stereocenters. The van der Waals surface area contributed by atoms with Gasteiger partial charge in [0.1, 0.15) is 0 Å². The molecule has 0 N–H and O–H groups in total. The minimum absolute atomic E-state index is 0.0149. The van der Waals surface area contributed by atoms with Crippen molar-refractivity contribution in [2.24, 2.45) is 5.92 Å². The van der Waals surface area contributed by atoms with Crippen LogP contribution in [0, 0.1) is 5.92 Å². The minimum Gasteiger partial charge on any atom is -0.340 e. The molecule has 3 aromatic rings. The highest BCUT2D eigenvalue weighted by atomic mass is 32.1. The molecule has 148 valence electrons. The molecule has 2 aliphatic rings. The van der Waals surface area contributed by atoms with E-state index in [0.717, 1.165) is 38.3 Å². The number of anilines is 1. The van der Waals surface area contributed by atoms with Gasteiger partial charge in [-0.1, -0.05) is 30.3 Å². The first kappa shape index (κ1) is 18.3. The second kappa shape index (κ2) is 7.95. The summed E-state index contributed by atoms with van der Waals surface area (Å²) >= 11 is 1.81. The molecule has 29 heavy (non-hydrogen) atoms. The van der Waals surface area contributed by atoms with Crippen molar-refractivity contribution in [1.29, 1.82) is 0 Å². The van der Waals surface area contributed by atoms with Gasteiger partial charge in [0.25, 0.3) is 0 Å². The molecule has 2 aliphatic heterocycles. The Balaban J connectivity index is 1.42. The first-order valence-corrected chi connectivity index (χ1v) is 11.1. The van der Waals surface area contributed by atoms with Crippen molar-refractivity contribution < 1.29 is 4.79 Å².